The number of halogens is 3. The molecule has 0 aromatic heterocycles. The van der Waals surface area contributed by atoms with Crippen LogP contribution in [0.15, 0.2) is 53.5 Å². The first-order chi connectivity index (χ1) is 13.2. The maximum Gasteiger partial charge on any atom is 0.417 e. The van der Waals surface area contributed by atoms with Crippen molar-refractivity contribution >= 4 is 23.5 Å². The summed E-state index contributed by atoms with van der Waals surface area (Å²) in [5.41, 5.74) is -0.214. The molecular weight excluding hydrogens is 375 g/mol. The van der Waals surface area contributed by atoms with Crippen LogP contribution in [0.5, 0.6) is 5.75 Å². The SMILES string of the molecule is CC(=O)N1CCN=C1c1ccc(OC(=O)Nc2cccc(C(F)(F)F)c2)cc1. The second kappa shape index (κ2) is 7.71. The zero-order chi connectivity index (χ0) is 20.3. The van der Waals surface area contributed by atoms with Gasteiger partial charge in [0.1, 0.15) is 11.6 Å². The summed E-state index contributed by atoms with van der Waals surface area (Å²) in [6, 6.07) is 10.6. The van der Waals surface area contributed by atoms with Crippen molar-refractivity contribution in [2.24, 2.45) is 4.99 Å². The lowest BCUT2D eigenvalue weighted by molar-refractivity contribution is -0.137. The van der Waals surface area contributed by atoms with Gasteiger partial charge in [-0.05, 0) is 42.5 Å². The van der Waals surface area contributed by atoms with Crippen LogP contribution in [0.4, 0.5) is 23.7 Å². The van der Waals surface area contributed by atoms with E-state index in [1.54, 1.807) is 17.0 Å². The number of carbonyl (C=O) groups is 2. The average molecular weight is 391 g/mol. The Labute approximate surface area is 158 Å². The number of nitrogens with one attached hydrogen (secondary N) is 1. The van der Waals surface area contributed by atoms with E-state index >= 15 is 0 Å². The molecular formula is C19H16F3N3O3. The van der Waals surface area contributed by atoms with Gasteiger partial charge in [0.25, 0.3) is 0 Å². The van der Waals surface area contributed by atoms with Crippen molar-refractivity contribution in [2.75, 3.05) is 18.4 Å². The minimum atomic E-state index is -4.51. The van der Waals surface area contributed by atoms with Crippen molar-refractivity contribution in [3.05, 3.63) is 59.7 Å². The molecule has 9 heteroatoms. The lowest BCUT2D eigenvalue weighted by atomic mass is 10.2. The van der Waals surface area contributed by atoms with E-state index in [1.165, 1.54) is 31.2 Å². The summed E-state index contributed by atoms with van der Waals surface area (Å²) < 4.78 is 43.2. The standard InChI is InChI=1S/C19H16F3N3O3/c1-12(26)25-10-9-23-17(25)13-5-7-16(8-6-13)28-18(27)24-15-4-2-3-14(11-15)19(20,21)22/h2-8,11H,9-10H2,1H3,(H,24,27). The van der Waals surface area contributed by atoms with Crippen molar-refractivity contribution < 1.29 is 27.5 Å². The first kappa shape index (κ1) is 19.4. The van der Waals surface area contributed by atoms with Gasteiger partial charge in [-0.25, -0.2) is 4.79 Å². The van der Waals surface area contributed by atoms with Crippen molar-refractivity contribution in [1.82, 2.24) is 4.90 Å². The van der Waals surface area contributed by atoms with E-state index in [0.717, 1.165) is 12.1 Å². The second-order valence-corrected chi connectivity index (χ2v) is 5.99. The molecule has 2 aromatic carbocycles. The molecule has 1 aliphatic rings. The first-order valence-electron chi connectivity index (χ1n) is 8.33. The summed E-state index contributed by atoms with van der Waals surface area (Å²) in [5, 5.41) is 2.26. The van der Waals surface area contributed by atoms with Gasteiger partial charge < -0.3 is 4.74 Å². The van der Waals surface area contributed by atoms with Gasteiger partial charge in [-0.1, -0.05) is 6.07 Å². The number of alkyl halides is 3. The minimum absolute atomic E-state index is 0.0335. The van der Waals surface area contributed by atoms with Crippen molar-refractivity contribution in [3.63, 3.8) is 0 Å². The summed E-state index contributed by atoms with van der Waals surface area (Å²) >= 11 is 0. The lowest BCUT2D eigenvalue weighted by Gasteiger charge is -2.16. The molecule has 0 bridgehead atoms. The molecule has 2 amide bonds. The van der Waals surface area contributed by atoms with Gasteiger partial charge in [0.2, 0.25) is 5.91 Å². The van der Waals surface area contributed by atoms with Crippen LogP contribution < -0.4 is 10.1 Å². The largest absolute Gasteiger partial charge is 0.417 e. The Hall–Kier alpha value is -3.36. The maximum atomic E-state index is 12.7. The fraction of sp³-hybridized carbons (Fsp3) is 0.211. The number of aliphatic imine (C=N–C) groups is 1. The van der Waals surface area contributed by atoms with Crippen LogP contribution in [0.3, 0.4) is 0 Å². The van der Waals surface area contributed by atoms with E-state index in [2.05, 4.69) is 10.3 Å². The highest BCUT2D eigenvalue weighted by atomic mass is 19.4. The Morgan fingerprint density at radius 3 is 2.50 bits per heavy atom. The summed E-state index contributed by atoms with van der Waals surface area (Å²) in [7, 11) is 0. The molecule has 0 saturated carbocycles. The average Bonchev–Trinajstić information content (AvgIpc) is 3.12. The smallest absolute Gasteiger partial charge is 0.410 e. The summed E-state index contributed by atoms with van der Waals surface area (Å²) in [6.07, 6.45) is -5.43. The van der Waals surface area contributed by atoms with Gasteiger partial charge in [-0.15, -0.1) is 0 Å². The fourth-order valence-electron chi connectivity index (χ4n) is 2.70. The maximum absolute atomic E-state index is 12.7. The Morgan fingerprint density at radius 2 is 1.86 bits per heavy atom. The van der Waals surface area contributed by atoms with Gasteiger partial charge in [0, 0.05) is 24.7 Å². The van der Waals surface area contributed by atoms with Crippen LogP contribution in [-0.2, 0) is 11.0 Å². The van der Waals surface area contributed by atoms with Crippen molar-refractivity contribution in [2.45, 2.75) is 13.1 Å². The highest BCUT2D eigenvalue weighted by molar-refractivity contribution is 6.08. The molecule has 0 aliphatic carbocycles. The van der Waals surface area contributed by atoms with Gasteiger partial charge >= 0.3 is 12.3 Å². The number of amidine groups is 1. The molecule has 1 N–H and O–H groups in total. The quantitative estimate of drug-likeness (QED) is 0.862. The summed E-state index contributed by atoms with van der Waals surface area (Å²) in [4.78, 5) is 29.4. The molecule has 0 spiro atoms. The van der Waals surface area contributed by atoms with Crippen LogP contribution >= 0.6 is 0 Å². The highest BCUT2D eigenvalue weighted by Crippen LogP contribution is 2.30. The number of ether oxygens (including phenoxy) is 1. The monoisotopic (exact) mass is 391 g/mol. The molecule has 0 unspecified atom stereocenters. The minimum Gasteiger partial charge on any atom is -0.410 e. The van der Waals surface area contributed by atoms with Crippen LogP contribution in [-0.4, -0.2) is 35.8 Å². The zero-order valence-corrected chi connectivity index (χ0v) is 14.8. The summed E-state index contributed by atoms with van der Waals surface area (Å²) in [6.45, 7) is 2.49. The molecule has 2 aromatic rings. The lowest BCUT2D eigenvalue weighted by Crippen LogP contribution is -2.32. The highest BCUT2D eigenvalue weighted by Gasteiger charge is 2.30. The third-order valence-corrected chi connectivity index (χ3v) is 3.98. The molecule has 0 saturated heterocycles. The summed E-state index contributed by atoms with van der Waals surface area (Å²) in [5.74, 6) is 0.630. The van der Waals surface area contributed by atoms with E-state index < -0.39 is 17.8 Å². The Kier molecular flexibility index (Phi) is 5.34. The first-order valence-corrected chi connectivity index (χ1v) is 8.33. The van der Waals surface area contributed by atoms with E-state index in [4.69, 9.17) is 4.74 Å². The number of benzene rings is 2. The molecule has 6 nitrogen and oxygen atoms in total. The van der Waals surface area contributed by atoms with Crippen molar-refractivity contribution in [3.8, 4) is 5.75 Å². The third kappa shape index (κ3) is 4.48. The number of amides is 2. The number of hydrogen-bond acceptors (Lipinski definition) is 4. The number of anilines is 1. The van der Waals surface area contributed by atoms with E-state index in [9.17, 15) is 22.8 Å². The Bertz CT molecular complexity index is 924. The number of hydrogen-bond donors (Lipinski definition) is 1. The van der Waals surface area contributed by atoms with Crippen molar-refractivity contribution in [1.29, 1.82) is 0 Å². The predicted molar refractivity (Wildman–Crippen MR) is 96.3 cm³/mol. The zero-order valence-electron chi connectivity index (χ0n) is 14.8. The molecule has 28 heavy (non-hydrogen) atoms. The molecule has 0 radical (unpaired) electrons. The topological polar surface area (TPSA) is 71.0 Å². The molecule has 1 heterocycles. The number of carbonyl (C=O) groups excluding carboxylic acids is 2. The van der Waals surface area contributed by atoms with Crippen LogP contribution in [0.25, 0.3) is 0 Å². The van der Waals surface area contributed by atoms with Crippen LogP contribution in [0.1, 0.15) is 18.1 Å². The van der Waals surface area contributed by atoms with Crippen LogP contribution in [0, 0.1) is 0 Å². The number of nitrogens with zero attached hydrogens (tertiary/aromatic N) is 2. The van der Waals surface area contributed by atoms with Gasteiger partial charge in [0.15, 0.2) is 0 Å². The Balaban J connectivity index is 1.65. The third-order valence-electron chi connectivity index (χ3n) is 3.98. The second-order valence-electron chi connectivity index (χ2n) is 5.99. The molecule has 0 fully saturated rings. The molecule has 1 aliphatic heterocycles. The van der Waals surface area contributed by atoms with Crippen LogP contribution in [0.2, 0.25) is 0 Å². The van der Waals surface area contributed by atoms with E-state index in [-0.39, 0.29) is 17.3 Å². The van der Waals surface area contributed by atoms with E-state index in [0.29, 0.717) is 24.5 Å². The fourth-order valence-corrected chi connectivity index (χ4v) is 2.70. The molecule has 0 atom stereocenters. The predicted octanol–water partition coefficient (Wildman–Crippen LogP) is 3.93. The van der Waals surface area contributed by atoms with Gasteiger partial charge in [-0.2, -0.15) is 13.2 Å². The molecule has 3 rings (SSSR count). The normalized spacial score (nSPS) is 13.9. The van der Waals surface area contributed by atoms with Gasteiger partial charge in [0.05, 0.1) is 12.1 Å². The number of rotatable bonds is 3. The van der Waals surface area contributed by atoms with Gasteiger partial charge in [-0.3, -0.25) is 20.0 Å². The Morgan fingerprint density at radius 1 is 1.14 bits per heavy atom. The molecule has 146 valence electrons. The van der Waals surface area contributed by atoms with E-state index in [1.807, 2.05) is 0 Å².